The number of carboxylic acid groups (broad SMARTS) is 1. The SMILES string of the molecule is CC(C)N(CC(F)(F)F)C1CCC(NC2CC2)(C(=O)O)C1. The molecule has 7 heteroatoms. The van der Waals surface area contributed by atoms with E-state index in [2.05, 4.69) is 5.32 Å². The van der Waals surface area contributed by atoms with Gasteiger partial charge in [0, 0.05) is 18.1 Å². The van der Waals surface area contributed by atoms with E-state index in [1.54, 1.807) is 13.8 Å². The second-order valence-corrected chi connectivity index (χ2v) is 6.58. The van der Waals surface area contributed by atoms with E-state index in [4.69, 9.17) is 0 Å². The molecule has 0 heterocycles. The molecule has 0 saturated heterocycles. The summed E-state index contributed by atoms with van der Waals surface area (Å²) in [5.74, 6) is -0.937. The van der Waals surface area contributed by atoms with Gasteiger partial charge in [-0.15, -0.1) is 0 Å². The fraction of sp³-hybridized carbons (Fsp3) is 0.929. The number of halogens is 3. The first-order chi connectivity index (χ1) is 9.63. The Morgan fingerprint density at radius 3 is 2.43 bits per heavy atom. The first-order valence-electron chi connectivity index (χ1n) is 7.46. The summed E-state index contributed by atoms with van der Waals surface area (Å²) in [6.45, 7) is 2.47. The van der Waals surface area contributed by atoms with Crippen LogP contribution in [0.4, 0.5) is 13.2 Å². The Kier molecular flexibility index (Phi) is 4.54. The lowest BCUT2D eigenvalue weighted by atomic mass is 9.96. The Morgan fingerprint density at radius 1 is 1.38 bits per heavy atom. The third kappa shape index (κ3) is 4.10. The summed E-state index contributed by atoms with van der Waals surface area (Å²) in [6.07, 6.45) is -1.23. The van der Waals surface area contributed by atoms with Gasteiger partial charge in [-0.1, -0.05) is 0 Å². The lowest BCUT2D eigenvalue weighted by molar-refractivity contribution is -0.155. The summed E-state index contributed by atoms with van der Waals surface area (Å²) >= 11 is 0. The normalized spacial score (nSPS) is 30.3. The van der Waals surface area contributed by atoms with Gasteiger partial charge < -0.3 is 5.11 Å². The Morgan fingerprint density at radius 2 is 2.00 bits per heavy atom. The fourth-order valence-electron chi connectivity index (χ4n) is 3.25. The summed E-state index contributed by atoms with van der Waals surface area (Å²) in [5.41, 5.74) is -1.05. The molecule has 2 saturated carbocycles. The smallest absolute Gasteiger partial charge is 0.401 e. The van der Waals surface area contributed by atoms with Gasteiger partial charge in [0.1, 0.15) is 5.54 Å². The lowest BCUT2D eigenvalue weighted by Crippen LogP contribution is -2.53. The molecule has 0 radical (unpaired) electrons. The van der Waals surface area contributed by atoms with Crippen LogP contribution in [-0.4, -0.2) is 52.4 Å². The number of nitrogens with zero attached hydrogens (tertiary/aromatic N) is 1. The van der Waals surface area contributed by atoms with E-state index >= 15 is 0 Å². The quantitative estimate of drug-likeness (QED) is 0.791. The van der Waals surface area contributed by atoms with Crippen LogP contribution in [0.5, 0.6) is 0 Å². The van der Waals surface area contributed by atoms with Crippen molar-refractivity contribution in [1.82, 2.24) is 10.2 Å². The molecule has 0 aromatic rings. The van der Waals surface area contributed by atoms with Crippen molar-refractivity contribution >= 4 is 5.97 Å². The van der Waals surface area contributed by atoms with E-state index < -0.39 is 24.2 Å². The second-order valence-electron chi connectivity index (χ2n) is 6.58. The van der Waals surface area contributed by atoms with E-state index in [9.17, 15) is 23.1 Å². The maximum absolute atomic E-state index is 12.7. The largest absolute Gasteiger partial charge is 0.480 e. The summed E-state index contributed by atoms with van der Waals surface area (Å²) in [4.78, 5) is 13.0. The molecular weight excluding hydrogens is 285 g/mol. The molecule has 4 nitrogen and oxygen atoms in total. The number of nitrogens with one attached hydrogen (secondary N) is 1. The predicted octanol–water partition coefficient (Wildman–Crippen LogP) is 2.39. The molecule has 0 aliphatic heterocycles. The van der Waals surface area contributed by atoms with Gasteiger partial charge in [0.25, 0.3) is 0 Å². The molecule has 2 aliphatic rings. The molecule has 0 spiro atoms. The number of aliphatic carboxylic acids is 1. The monoisotopic (exact) mass is 308 g/mol. The average molecular weight is 308 g/mol. The summed E-state index contributed by atoms with van der Waals surface area (Å²) < 4.78 is 38.2. The second kappa shape index (κ2) is 5.76. The zero-order valence-corrected chi connectivity index (χ0v) is 12.4. The highest BCUT2D eigenvalue weighted by Crippen LogP contribution is 2.38. The van der Waals surface area contributed by atoms with E-state index in [1.807, 2.05) is 0 Å². The van der Waals surface area contributed by atoms with Crippen molar-refractivity contribution in [2.24, 2.45) is 0 Å². The van der Waals surface area contributed by atoms with E-state index in [1.165, 1.54) is 4.90 Å². The van der Waals surface area contributed by atoms with Crippen LogP contribution in [0.15, 0.2) is 0 Å². The maximum Gasteiger partial charge on any atom is 0.401 e. The summed E-state index contributed by atoms with van der Waals surface area (Å²) in [5, 5.41) is 12.7. The van der Waals surface area contributed by atoms with E-state index in [0.717, 1.165) is 12.8 Å². The molecule has 21 heavy (non-hydrogen) atoms. The van der Waals surface area contributed by atoms with Gasteiger partial charge in [-0.25, -0.2) is 0 Å². The van der Waals surface area contributed by atoms with E-state index in [-0.39, 0.29) is 24.5 Å². The molecule has 122 valence electrons. The number of hydrogen-bond acceptors (Lipinski definition) is 3. The third-order valence-corrected chi connectivity index (χ3v) is 4.45. The first kappa shape index (κ1) is 16.5. The number of carboxylic acids is 1. The summed E-state index contributed by atoms with van der Waals surface area (Å²) in [6, 6.07) is -0.383. The van der Waals surface area contributed by atoms with Gasteiger partial charge in [0.15, 0.2) is 0 Å². The molecule has 0 aromatic heterocycles. The lowest BCUT2D eigenvalue weighted by Gasteiger charge is -2.34. The Labute approximate surface area is 122 Å². The minimum Gasteiger partial charge on any atom is -0.480 e. The molecule has 0 aromatic carbocycles. The third-order valence-electron chi connectivity index (χ3n) is 4.45. The number of carbonyl (C=O) groups is 1. The van der Waals surface area contributed by atoms with Crippen LogP contribution in [0.2, 0.25) is 0 Å². The van der Waals surface area contributed by atoms with Gasteiger partial charge >= 0.3 is 12.1 Å². The molecule has 2 rings (SSSR count). The Bertz CT molecular complexity index is 396. The van der Waals surface area contributed by atoms with Gasteiger partial charge in [0.2, 0.25) is 0 Å². The van der Waals surface area contributed by atoms with Crippen molar-refractivity contribution in [2.75, 3.05) is 6.54 Å². The van der Waals surface area contributed by atoms with Crippen molar-refractivity contribution in [1.29, 1.82) is 0 Å². The molecular formula is C14H23F3N2O2. The molecule has 2 atom stereocenters. The zero-order chi connectivity index (χ0) is 15.8. The predicted molar refractivity (Wildman–Crippen MR) is 72.1 cm³/mol. The number of hydrogen-bond donors (Lipinski definition) is 2. The van der Waals surface area contributed by atoms with Crippen molar-refractivity contribution in [2.45, 2.75) is 75.8 Å². The van der Waals surface area contributed by atoms with Gasteiger partial charge in [-0.05, 0) is 46.0 Å². The van der Waals surface area contributed by atoms with Gasteiger partial charge in [-0.3, -0.25) is 15.0 Å². The number of alkyl halides is 3. The Hall–Kier alpha value is -0.820. The van der Waals surface area contributed by atoms with Crippen molar-refractivity contribution in [3.63, 3.8) is 0 Å². The fourth-order valence-corrected chi connectivity index (χ4v) is 3.25. The van der Waals surface area contributed by atoms with Gasteiger partial charge in [-0.2, -0.15) is 13.2 Å². The minimum absolute atomic E-state index is 0.218. The highest BCUT2D eigenvalue weighted by atomic mass is 19.4. The van der Waals surface area contributed by atoms with Crippen LogP contribution in [0.1, 0.15) is 46.0 Å². The zero-order valence-electron chi connectivity index (χ0n) is 12.4. The van der Waals surface area contributed by atoms with Crippen LogP contribution < -0.4 is 5.32 Å². The van der Waals surface area contributed by atoms with Crippen LogP contribution in [0, 0.1) is 0 Å². The number of rotatable bonds is 6. The standard InChI is InChI=1S/C14H23F3N2O2/c1-9(2)19(8-14(15,16)17)11-5-6-13(7-11,12(20)21)18-10-3-4-10/h9-11,18H,3-8H2,1-2H3,(H,20,21). The highest BCUT2D eigenvalue weighted by Gasteiger charge is 2.50. The molecule has 2 unspecified atom stereocenters. The topological polar surface area (TPSA) is 52.6 Å². The molecule has 2 aliphatic carbocycles. The van der Waals surface area contributed by atoms with Crippen molar-refractivity contribution in [3.8, 4) is 0 Å². The molecule has 0 bridgehead atoms. The van der Waals surface area contributed by atoms with E-state index in [0.29, 0.717) is 12.8 Å². The van der Waals surface area contributed by atoms with Crippen LogP contribution in [-0.2, 0) is 4.79 Å². The maximum atomic E-state index is 12.7. The minimum atomic E-state index is -4.26. The molecule has 2 fully saturated rings. The average Bonchev–Trinajstić information content (AvgIpc) is 3.02. The molecule has 0 amide bonds. The van der Waals surface area contributed by atoms with Gasteiger partial charge in [0.05, 0.1) is 6.54 Å². The highest BCUT2D eigenvalue weighted by molar-refractivity contribution is 5.79. The summed E-state index contributed by atoms with van der Waals surface area (Å²) in [7, 11) is 0. The van der Waals surface area contributed by atoms with Crippen LogP contribution in [0.3, 0.4) is 0 Å². The van der Waals surface area contributed by atoms with Crippen LogP contribution in [0.25, 0.3) is 0 Å². The van der Waals surface area contributed by atoms with Crippen LogP contribution >= 0.6 is 0 Å². The van der Waals surface area contributed by atoms with Crippen molar-refractivity contribution in [3.05, 3.63) is 0 Å². The van der Waals surface area contributed by atoms with Crippen molar-refractivity contribution < 1.29 is 23.1 Å². The Balaban J connectivity index is 2.08. The molecule has 2 N–H and O–H groups in total. The first-order valence-corrected chi connectivity index (χ1v) is 7.46.